The molecular weight excluding hydrogens is 309 g/mol. The SMILES string of the molecule is CC(C)[C@H]1OCC[C@@H]1C(=O)N(Cc1ccccc1F)c1cn[nH]c1. The second-order valence-corrected chi connectivity index (χ2v) is 6.45. The van der Waals surface area contributed by atoms with Gasteiger partial charge in [0.25, 0.3) is 0 Å². The smallest absolute Gasteiger partial charge is 0.233 e. The first kappa shape index (κ1) is 16.6. The van der Waals surface area contributed by atoms with Gasteiger partial charge in [-0.1, -0.05) is 32.0 Å². The number of carbonyl (C=O) groups excluding carboxylic acids is 1. The quantitative estimate of drug-likeness (QED) is 0.916. The largest absolute Gasteiger partial charge is 0.377 e. The molecule has 1 aromatic carbocycles. The molecule has 3 rings (SSSR count). The molecule has 1 aliphatic rings. The van der Waals surface area contributed by atoms with Gasteiger partial charge in [0.1, 0.15) is 5.82 Å². The number of hydrogen-bond acceptors (Lipinski definition) is 3. The number of carbonyl (C=O) groups is 1. The van der Waals surface area contributed by atoms with Crippen LogP contribution < -0.4 is 4.90 Å². The van der Waals surface area contributed by atoms with E-state index in [0.717, 1.165) is 0 Å². The molecule has 1 saturated heterocycles. The summed E-state index contributed by atoms with van der Waals surface area (Å²) in [4.78, 5) is 14.8. The minimum absolute atomic E-state index is 0.0455. The van der Waals surface area contributed by atoms with Gasteiger partial charge in [0.2, 0.25) is 5.91 Å². The van der Waals surface area contributed by atoms with Gasteiger partial charge in [0, 0.05) is 18.4 Å². The molecule has 0 unspecified atom stereocenters. The van der Waals surface area contributed by atoms with E-state index in [1.807, 2.05) is 0 Å². The third kappa shape index (κ3) is 3.33. The van der Waals surface area contributed by atoms with Crippen molar-refractivity contribution in [2.24, 2.45) is 11.8 Å². The number of nitrogens with one attached hydrogen (secondary N) is 1. The van der Waals surface area contributed by atoms with Crippen molar-refractivity contribution in [3.05, 3.63) is 48.0 Å². The topological polar surface area (TPSA) is 58.2 Å². The highest BCUT2D eigenvalue weighted by molar-refractivity contribution is 5.95. The number of ether oxygens (including phenoxy) is 1. The predicted molar refractivity (Wildman–Crippen MR) is 88.9 cm³/mol. The average molecular weight is 331 g/mol. The first-order valence-corrected chi connectivity index (χ1v) is 8.23. The van der Waals surface area contributed by atoms with Crippen LogP contribution in [-0.2, 0) is 16.1 Å². The highest BCUT2D eigenvalue weighted by atomic mass is 19.1. The molecule has 24 heavy (non-hydrogen) atoms. The second-order valence-electron chi connectivity index (χ2n) is 6.45. The van der Waals surface area contributed by atoms with Crippen LogP contribution in [0.25, 0.3) is 0 Å². The monoisotopic (exact) mass is 331 g/mol. The summed E-state index contributed by atoms with van der Waals surface area (Å²) >= 11 is 0. The number of amides is 1. The fourth-order valence-electron chi connectivity index (χ4n) is 3.22. The Morgan fingerprint density at radius 1 is 1.46 bits per heavy atom. The third-order valence-electron chi connectivity index (χ3n) is 4.46. The summed E-state index contributed by atoms with van der Waals surface area (Å²) in [6, 6.07) is 6.51. The van der Waals surface area contributed by atoms with Crippen molar-refractivity contribution in [3.8, 4) is 0 Å². The van der Waals surface area contributed by atoms with Gasteiger partial charge < -0.3 is 9.64 Å². The maximum Gasteiger partial charge on any atom is 0.233 e. The lowest BCUT2D eigenvalue weighted by atomic mass is 9.91. The Bertz CT molecular complexity index is 687. The third-order valence-corrected chi connectivity index (χ3v) is 4.46. The van der Waals surface area contributed by atoms with Crippen molar-refractivity contribution in [2.75, 3.05) is 11.5 Å². The minimum atomic E-state index is -0.318. The van der Waals surface area contributed by atoms with Crippen LogP contribution >= 0.6 is 0 Å². The number of halogens is 1. The molecule has 0 saturated carbocycles. The Hall–Kier alpha value is -2.21. The molecule has 5 nitrogen and oxygen atoms in total. The number of nitrogens with zero attached hydrogens (tertiary/aromatic N) is 2. The lowest BCUT2D eigenvalue weighted by molar-refractivity contribution is -0.125. The number of rotatable bonds is 5. The lowest BCUT2D eigenvalue weighted by Crippen LogP contribution is -2.40. The van der Waals surface area contributed by atoms with E-state index < -0.39 is 0 Å². The zero-order chi connectivity index (χ0) is 17.1. The molecule has 2 atom stereocenters. The molecule has 1 N–H and O–H groups in total. The molecule has 0 radical (unpaired) electrons. The first-order valence-electron chi connectivity index (χ1n) is 8.23. The van der Waals surface area contributed by atoms with E-state index in [9.17, 15) is 9.18 Å². The normalized spacial score (nSPS) is 20.5. The maximum absolute atomic E-state index is 14.1. The average Bonchev–Trinajstić information content (AvgIpc) is 3.24. The Labute approximate surface area is 140 Å². The zero-order valence-electron chi connectivity index (χ0n) is 13.9. The molecular formula is C18H22FN3O2. The highest BCUT2D eigenvalue weighted by Gasteiger charge is 2.39. The van der Waals surface area contributed by atoms with Crippen LogP contribution in [0.3, 0.4) is 0 Å². The van der Waals surface area contributed by atoms with Crippen molar-refractivity contribution >= 4 is 11.6 Å². The predicted octanol–water partition coefficient (Wildman–Crippen LogP) is 3.14. The standard InChI is InChI=1S/C18H22FN3O2/c1-12(2)17-15(7-8-24-17)18(23)22(14-9-20-21-10-14)11-13-5-3-4-6-16(13)19/h3-6,9-10,12,15,17H,7-8,11H2,1-2H3,(H,20,21)/t15-,17+/m0/s1. The van der Waals surface area contributed by atoms with Crippen LogP contribution in [0.1, 0.15) is 25.8 Å². The van der Waals surface area contributed by atoms with Crippen molar-refractivity contribution in [3.63, 3.8) is 0 Å². The number of H-pyrrole nitrogens is 1. The van der Waals surface area contributed by atoms with Gasteiger partial charge in [-0.05, 0) is 18.4 Å². The van der Waals surface area contributed by atoms with Gasteiger partial charge in [-0.25, -0.2) is 4.39 Å². The van der Waals surface area contributed by atoms with Crippen LogP contribution in [0, 0.1) is 17.7 Å². The number of aromatic amines is 1. The molecule has 1 fully saturated rings. The van der Waals surface area contributed by atoms with Crippen LogP contribution in [0.5, 0.6) is 0 Å². The number of aromatic nitrogens is 2. The summed E-state index contributed by atoms with van der Waals surface area (Å²) in [6.07, 6.45) is 3.82. The lowest BCUT2D eigenvalue weighted by Gasteiger charge is -2.28. The van der Waals surface area contributed by atoms with E-state index in [2.05, 4.69) is 24.0 Å². The van der Waals surface area contributed by atoms with Gasteiger partial charge in [0.15, 0.2) is 0 Å². The zero-order valence-corrected chi connectivity index (χ0v) is 13.9. The molecule has 1 aromatic heterocycles. The Kier molecular flexibility index (Phi) is 4.94. The van der Waals surface area contributed by atoms with E-state index in [-0.39, 0.29) is 36.2 Å². The van der Waals surface area contributed by atoms with Crippen molar-refractivity contribution in [1.29, 1.82) is 0 Å². The Morgan fingerprint density at radius 3 is 2.92 bits per heavy atom. The molecule has 2 heterocycles. The molecule has 0 aliphatic carbocycles. The fourth-order valence-corrected chi connectivity index (χ4v) is 3.22. The van der Waals surface area contributed by atoms with Crippen molar-refractivity contribution < 1.29 is 13.9 Å². The fraction of sp³-hybridized carbons (Fsp3) is 0.444. The van der Waals surface area contributed by atoms with Crippen LogP contribution in [-0.4, -0.2) is 28.8 Å². The Balaban J connectivity index is 1.88. The summed E-state index contributed by atoms with van der Waals surface area (Å²) in [5, 5.41) is 6.65. The minimum Gasteiger partial charge on any atom is -0.377 e. The van der Waals surface area contributed by atoms with Crippen molar-refractivity contribution in [1.82, 2.24) is 10.2 Å². The number of hydrogen-bond donors (Lipinski definition) is 1. The summed E-state index contributed by atoms with van der Waals surface area (Å²) in [7, 11) is 0. The summed E-state index contributed by atoms with van der Waals surface area (Å²) < 4.78 is 19.8. The van der Waals surface area contributed by atoms with E-state index in [0.29, 0.717) is 24.3 Å². The summed E-state index contributed by atoms with van der Waals surface area (Å²) in [6.45, 7) is 4.86. The summed E-state index contributed by atoms with van der Waals surface area (Å²) in [5.41, 5.74) is 1.12. The van der Waals surface area contributed by atoms with E-state index in [1.54, 1.807) is 35.5 Å². The summed E-state index contributed by atoms with van der Waals surface area (Å²) in [5.74, 6) is -0.328. The van der Waals surface area contributed by atoms with Crippen LogP contribution in [0.2, 0.25) is 0 Å². The first-order chi connectivity index (χ1) is 11.6. The van der Waals surface area contributed by atoms with E-state index >= 15 is 0 Å². The Morgan fingerprint density at radius 2 is 2.25 bits per heavy atom. The van der Waals surface area contributed by atoms with Gasteiger partial charge in [-0.3, -0.25) is 9.89 Å². The molecule has 6 heteroatoms. The van der Waals surface area contributed by atoms with Gasteiger partial charge in [0.05, 0.1) is 30.5 Å². The highest BCUT2D eigenvalue weighted by Crippen LogP contribution is 2.30. The maximum atomic E-state index is 14.1. The number of benzene rings is 1. The van der Waals surface area contributed by atoms with E-state index in [1.165, 1.54) is 6.07 Å². The van der Waals surface area contributed by atoms with Crippen LogP contribution in [0.4, 0.5) is 10.1 Å². The van der Waals surface area contributed by atoms with Crippen molar-refractivity contribution in [2.45, 2.75) is 32.9 Å². The molecule has 0 bridgehead atoms. The van der Waals surface area contributed by atoms with E-state index in [4.69, 9.17) is 4.74 Å². The molecule has 1 aliphatic heterocycles. The van der Waals surface area contributed by atoms with Gasteiger partial charge >= 0.3 is 0 Å². The number of anilines is 1. The van der Waals surface area contributed by atoms with Gasteiger partial charge in [-0.15, -0.1) is 0 Å². The molecule has 2 aromatic rings. The van der Waals surface area contributed by atoms with Crippen LogP contribution in [0.15, 0.2) is 36.7 Å². The van der Waals surface area contributed by atoms with Gasteiger partial charge in [-0.2, -0.15) is 5.10 Å². The molecule has 1 amide bonds. The molecule has 0 spiro atoms. The second kappa shape index (κ2) is 7.13. The molecule has 128 valence electrons.